The van der Waals surface area contributed by atoms with E-state index in [1.165, 1.54) is 6.08 Å². The molecule has 0 heterocycles. The zero-order valence-electron chi connectivity index (χ0n) is 12.9. The minimum atomic E-state index is -0.962. The molecule has 0 spiro atoms. The van der Waals surface area contributed by atoms with Crippen molar-refractivity contribution in [2.24, 2.45) is 5.41 Å². The maximum atomic E-state index is 10.4. The Labute approximate surface area is 125 Å². The summed E-state index contributed by atoms with van der Waals surface area (Å²) in [6.45, 7) is 4.08. The lowest BCUT2D eigenvalue weighted by Gasteiger charge is -2.31. The molecule has 0 radical (unpaired) electrons. The minimum absolute atomic E-state index is 0.141. The Kier molecular flexibility index (Phi) is 6.18. The fraction of sp³-hybridized carbons (Fsp3) is 0.353. The molecule has 114 valence electrons. The van der Waals surface area contributed by atoms with Gasteiger partial charge in [-0.25, -0.2) is 4.79 Å². The number of carbonyl (C=O) groups is 1. The van der Waals surface area contributed by atoms with Crippen molar-refractivity contribution in [3.63, 3.8) is 0 Å². The van der Waals surface area contributed by atoms with E-state index in [0.29, 0.717) is 0 Å². The molecule has 0 fully saturated rings. The summed E-state index contributed by atoms with van der Waals surface area (Å²) in [4.78, 5) is 10.4. The molecule has 0 aliphatic heterocycles. The van der Waals surface area contributed by atoms with E-state index in [9.17, 15) is 4.79 Å². The summed E-state index contributed by atoms with van der Waals surface area (Å²) in [7, 11) is 3.29. The van der Waals surface area contributed by atoms with Gasteiger partial charge in [0.15, 0.2) is 0 Å². The smallest absolute Gasteiger partial charge is 0.328 e. The van der Waals surface area contributed by atoms with Crippen molar-refractivity contribution in [2.45, 2.75) is 20.0 Å². The minimum Gasteiger partial charge on any atom is -0.497 e. The van der Waals surface area contributed by atoms with E-state index in [2.05, 4.69) is 0 Å². The molecule has 0 aliphatic rings. The summed E-state index contributed by atoms with van der Waals surface area (Å²) in [5.41, 5.74) is 0.752. The van der Waals surface area contributed by atoms with Gasteiger partial charge in [-0.05, 0) is 17.7 Å². The number of aliphatic carboxylic acids is 1. The number of rotatable bonds is 7. The van der Waals surface area contributed by atoms with Gasteiger partial charge in [0.1, 0.15) is 5.75 Å². The molecule has 1 aromatic carbocycles. The fourth-order valence-corrected chi connectivity index (χ4v) is 2.18. The van der Waals surface area contributed by atoms with Gasteiger partial charge in [-0.15, -0.1) is 0 Å². The van der Waals surface area contributed by atoms with Gasteiger partial charge in [0, 0.05) is 18.6 Å². The molecule has 0 aromatic heterocycles. The van der Waals surface area contributed by atoms with E-state index in [-0.39, 0.29) is 11.5 Å². The van der Waals surface area contributed by atoms with Crippen LogP contribution in [0.4, 0.5) is 0 Å². The van der Waals surface area contributed by atoms with Gasteiger partial charge in [-0.3, -0.25) is 0 Å². The van der Waals surface area contributed by atoms with Crippen LogP contribution in [-0.2, 0) is 9.53 Å². The molecule has 0 amide bonds. The van der Waals surface area contributed by atoms with Crippen LogP contribution in [-0.4, -0.2) is 25.3 Å². The Hall–Kier alpha value is -2.07. The Morgan fingerprint density at radius 1 is 1.19 bits per heavy atom. The first-order valence-corrected chi connectivity index (χ1v) is 6.66. The first-order chi connectivity index (χ1) is 9.90. The second kappa shape index (κ2) is 7.64. The summed E-state index contributed by atoms with van der Waals surface area (Å²) >= 11 is 0. The fourth-order valence-electron chi connectivity index (χ4n) is 2.18. The van der Waals surface area contributed by atoms with Crippen LogP contribution in [0.5, 0.6) is 5.75 Å². The predicted octanol–water partition coefficient (Wildman–Crippen LogP) is 3.61. The lowest BCUT2D eigenvalue weighted by molar-refractivity contribution is -0.131. The molecule has 1 unspecified atom stereocenters. The SMILES string of the molecule is COc1ccc(C(OC)C(C)(C)C=CC=CC(=O)O)cc1. The van der Waals surface area contributed by atoms with E-state index < -0.39 is 5.97 Å². The largest absolute Gasteiger partial charge is 0.497 e. The van der Waals surface area contributed by atoms with Crippen molar-refractivity contribution >= 4 is 5.97 Å². The van der Waals surface area contributed by atoms with E-state index in [4.69, 9.17) is 14.6 Å². The Balaban J connectivity index is 2.92. The maximum absolute atomic E-state index is 10.4. The number of hydrogen-bond acceptors (Lipinski definition) is 3. The van der Waals surface area contributed by atoms with Crippen molar-refractivity contribution in [2.75, 3.05) is 14.2 Å². The number of carboxylic acids is 1. The topological polar surface area (TPSA) is 55.8 Å². The van der Waals surface area contributed by atoms with Crippen LogP contribution in [0.1, 0.15) is 25.5 Å². The van der Waals surface area contributed by atoms with Gasteiger partial charge in [-0.1, -0.05) is 44.2 Å². The number of allylic oxidation sites excluding steroid dienone is 2. The number of ether oxygens (including phenoxy) is 2. The third kappa shape index (κ3) is 5.08. The van der Waals surface area contributed by atoms with E-state index in [0.717, 1.165) is 17.4 Å². The van der Waals surface area contributed by atoms with Crippen LogP contribution in [0.15, 0.2) is 48.6 Å². The molecular formula is C17H22O4. The van der Waals surface area contributed by atoms with Crippen LogP contribution < -0.4 is 4.74 Å². The summed E-state index contributed by atoms with van der Waals surface area (Å²) in [6, 6.07) is 7.72. The Morgan fingerprint density at radius 3 is 2.29 bits per heavy atom. The van der Waals surface area contributed by atoms with Crippen molar-refractivity contribution < 1.29 is 19.4 Å². The molecule has 1 atom stereocenters. The third-order valence-corrected chi connectivity index (χ3v) is 3.21. The van der Waals surface area contributed by atoms with Crippen LogP contribution in [0.25, 0.3) is 0 Å². The van der Waals surface area contributed by atoms with Crippen LogP contribution >= 0.6 is 0 Å². The Bertz CT molecular complexity index is 512. The highest BCUT2D eigenvalue weighted by Crippen LogP contribution is 2.37. The number of methoxy groups -OCH3 is 2. The van der Waals surface area contributed by atoms with Gasteiger partial charge in [0.2, 0.25) is 0 Å². The molecule has 1 aromatic rings. The molecule has 0 saturated heterocycles. The molecule has 0 saturated carbocycles. The normalized spacial score (nSPS) is 13.7. The Morgan fingerprint density at radius 2 is 1.81 bits per heavy atom. The van der Waals surface area contributed by atoms with Crippen molar-refractivity contribution in [1.82, 2.24) is 0 Å². The first-order valence-electron chi connectivity index (χ1n) is 6.66. The summed E-state index contributed by atoms with van der Waals surface area (Å²) in [5, 5.41) is 8.57. The first kappa shape index (κ1) is 17.0. The highest BCUT2D eigenvalue weighted by Gasteiger charge is 2.28. The summed E-state index contributed by atoms with van der Waals surface area (Å²) < 4.78 is 10.8. The van der Waals surface area contributed by atoms with E-state index in [1.807, 2.05) is 44.2 Å². The molecule has 4 heteroatoms. The van der Waals surface area contributed by atoms with Crippen molar-refractivity contribution in [3.8, 4) is 5.75 Å². The van der Waals surface area contributed by atoms with E-state index >= 15 is 0 Å². The molecular weight excluding hydrogens is 268 g/mol. The second-order valence-electron chi connectivity index (χ2n) is 5.27. The molecule has 1 rings (SSSR count). The van der Waals surface area contributed by atoms with Gasteiger partial charge in [0.25, 0.3) is 0 Å². The van der Waals surface area contributed by atoms with E-state index in [1.54, 1.807) is 20.3 Å². The van der Waals surface area contributed by atoms with Gasteiger partial charge in [-0.2, -0.15) is 0 Å². The average Bonchev–Trinajstić information content (AvgIpc) is 2.45. The molecule has 21 heavy (non-hydrogen) atoms. The molecule has 4 nitrogen and oxygen atoms in total. The third-order valence-electron chi connectivity index (χ3n) is 3.21. The quantitative estimate of drug-likeness (QED) is 0.615. The predicted molar refractivity (Wildman–Crippen MR) is 82.4 cm³/mol. The molecule has 1 N–H and O–H groups in total. The van der Waals surface area contributed by atoms with Crippen molar-refractivity contribution in [1.29, 1.82) is 0 Å². The summed E-state index contributed by atoms with van der Waals surface area (Å²) in [5.74, 6) is -0.165. The number of hydrogen-bond donors (Lipinski definition) is 1. The lowest BCUT2D eigenvalue weighted by atomic mass is 9.82. The zero-order valence-corrected chi connectivity index (χ0v) is 12.9. The highest BCUT2D eigenvalue weighted by atomic mass is 16.5. The van der Waals surface area contributed by atoms with Gasteiger partial charge in [0.05, 0.1) is 13.2 Å². The standard InChI is InChI=1S/C17H22O4/c1-17(2,12-6-5-7-15(18)19)16(21-4)13-8-10-14(20-3)11-9-13/h5-12,16H,1-4H3,(H,18,19). The molecule has 0 bridgehead atoms. The van der Waals surface area contributed by atoms with Gasteiger partial charge < -0.3 is 14.6 Å². The van der Waals surface area contributed by atoms with Crippen LogP contribution in [0.3, 0.4) is 0 Å². The summed E-state index contributed by atoms with van der Waals surface area (Å²) in [6.07, 6.45) is 6.12. The highest BCUT2D eigenvalue weighted by molar-refractivity contribution is 5.80. The maximum Gasteiger partial charge on any atom is 0.328 e. The van der Waals surface area contributed by atoms with Crippen molar-refractivity contribution in [3.05, 3.63) is 54.1 Å². The average molecular weight is 290 g/mol. The van der Waals surface area contributed by atoms with Crippen LogP contribution in [0, 0.1) is 5.41 Å². The zero-order chi connectivity index (χ0) is 15.9. The number of benzene rings is 1. The molecule has 0 aliphatic carbocycles. The number of carboxylic acid groups (broad SMARTS) is 1. The monoisotopic (exact) mass is 290 g/mol. The van der Waals surface area contributed by atoms with Crippen LogP contribution in [0.2, 0.25) is 0 Å². The second-order valence-corrected chi connectivity index (χ2v) is 5.27. The van der Waals surface area contributed by atoms with Gasteiger partial charge >= 0.3 is 5.97 Å². The lowest BCUT2D eigenvalue weighted by Crippen LogP contribution is -2.21.